The Hall–Kier alpha value is -2.41. The lowest BCUT2D eigenvalue weighted by molar-refractivity contribution is 0.0698. The second kappa shape index (κ2) is 7.54. The second-order valence-corrected chi connectivity index (χ2v) is 9.09. The molecule has 0 aliphatic carbocycles. The van der Waals surface area contributed by atoms with Crippen molar-refractivity contribution in [2.75, 3.05) is 26.2 Å². The van der Waals surface area contributed by atoms with Crippen molar-refractivity contribution in [2.45, 2.75) is 4.90 Å². The van der Waals surface area contributed by atoms with E-state index in [-0.39, 0.29) is 23.9 Å². The molecule has 144 valence electrons. The minimum atomic E-state index is -3.60. The van der Waals surface area contributed by atoms with Crippen molar-refractivity contribution in [1.82, 2.24) is 9.21 Å². The van der Waals surface area contributed by atoms with Crippen LogP contribution < -0.4 is 0 Å². The molecular formula is C21H19ClN2O3S. The molecule has 1 fully saturated rings. The molecule has 3 aromatic carbocycles. The first-order valence-electron chi connectivity index (χ1n) is 8.99. The Kier molecular flexibility index (Phi) is 5.10. The van der Waals surface area contributed by atoms with Crippen LogP contribution in [0.5, 0.6) is 0 Å². The highest BCUT2D eigenvalue weighted by atomic mass is 35.5. The molecule has 1 aliphatic rings. The largest absolute Gasteiger partial charge is 0.336 e. The molecule has 0 bridgehead atoms. The van der Waals surface area contributed by atoms with Gasteiger partial charge in [0.2, 0.25) is 10.0 Å². The lowest BCUT2D eigenvalue weighted by Crippen LogP contribution is -2.50. The summed E-state index contributed by atoms with van der Waals surface area (Å²) < 4.78 is 27.5. The maximum Gasteiger partial charge on any atom is 0.253 e. The zero-order valence-corrected chi connectivity index (χ0v) is 16.7. The van der Waals surface area contributed by atoms with E-state index in [0.29, 0.717) is 23.7 Å². The van der Waals surface area contributed by atoms with E-state index in [0.717, 1.165) is 10.8 Å². The molecule has 5 nitrogen and oxygen atoms in total. The highest BCUT2D eigenvalue weighted by molar-refractivity contribution is 7.89. The number of nitrogens with zero attached hydrogens (tertiary/aromatic N) is 2. The summed E-state index contributed by atoms with van der Waals surface area (Å²) >= 11 is 5.96. The number of benzene rings is 3. The molecule has 28 heavy (non-hydrogen) atoms. The fourth-order valence-corrected chi connectivity index (χ4v) is 5.06. The van der Waals surface area contributed by atoms with Gasteiger partial charge in [0.25, 0.3) is 5.91 Å². The molecule has 1 heterocycles. The zero-order chi connectivity index (χ0) is 19.7. The van der Waals surface area contributed by atoms with Gasteiger partial charge in [-0.1, -0.05) is 48.0 Å². The van der Waals surface area contributed by atoms with E-state index in [9.17, 15) is 13.2 Å². The van der Waals surface area contributed by atoms with Gasteiger partial charge in [0.05, 0.1) is 4.90 Å². The summed E-state index contributed by atoms with van der Waals surface area (Å²) in [4.78, 5) is 14.6. The number of amides is 1. The van der Waals surface area contributed by atoms with E-state index in [4.69, 9.17) is 11.6 Å². The van der Waals surface area contributed by atoms with Crippen LogP contribution >= 0.6 is 11.6 Å². The lowest BCUT2D eigenvalue weighted by Gasteiger charge is -2.34. The van der Waals surface area contributed by atoms with Gasteiger partial charge >= 0.3 is 0 Å². The number of fused-ring (bicyclic) bond motifs is 1. The van der Waals surface area contributed by atoms with Gasteiger partial charge in [0.15, 0.2) is 0 Å². The molecule has 1 saturated heterocycles. The summed E-state index contributed by atoms with van der Waals surface area (Å²) in [5.41, 5.74) is 0.512. The number of hydrogen-bond acceptors (Lipinski definition) is 3. The Labute approximate surface area is 169 Å². The van der Waals surface area contributed by atoms with Gasteiger partial charge in [-0.2, -0.15) is 4.31 Å². The topological polar surface area (TPSA) is 57.7 Å². The second-order valence-electron chi connectivity index (χ2n) is 6.72. The first-order chi connectivity index (χ1) is 13.4. The van der Waals surface area contributed by atoms with E-state index in [1.165, 1.54) is 4.31 Å². The number of rotatable bonds is 3. The Morgan fingerprint density at radius 1 is 0.821 bits per heavy atom. The monoisotopic (exact) mass is 414 g/mol. The summed E-state index contributed by atoms with van der Waals surface area (Å²) in [6.45, 7) is 1.22. The van der Waals surface area contributed by atoms with Gasteiger partial charge in [-0.25, -0.2) is 8.42 Å². The lowest BCUT2D eigenvalue weighted by atomic mass is 10.1. The van der Waals surface area contributed by atoms with Crippen LogP contribution in [0.25, 0.3) is 10.8 Å². The number of sulfonamides is 1. The number of piperazine rings is 1. The summed E-state index contributed by atoms with van der Waals surface area (Å²) in [6, 6.07) is 19.6. The SMILES string of the molecule is O=C(c1cccc(Cl)c1)N1CCN(S(=O)(=O)c2ccc3ccccc3c2)CC1. The summed E-state index contributed by atoms with van der Waals surface area (Å²) in [5, 5.41) is 2.39. The van der Waals surface area contributed by atoms with Crippen molar-refractivity contribution in [3.8, 4) is 0 Å². The number of hydrogen-bond donors (Lipinski definition) is 0. The quantitative estimate of drug-likeness (QED) is 0.657. The van der Waals surface area contributed by atoms with Crippen molar-refractivity contribution in [3.63, 3.8) is 0 Å². The first-order valence-corrected chi connectivity index (χ1v) is 10.8. The summed E-state index contributed by atoms with van der Waals surface area (Å²) in [5.74, 6) is -0.134. The highest BCUT2D eigenvalue weighted by Crippen LogP contribution is 2.23. The summed E-state index contributed by atoms with van der Waals surface area (Å²) in [6.07, 6.45) is 0. The minimum Gasteiger partial charge on any atom is -0.336 e. The fraction of sp³-hybridized carbons (Fsp3) is 0.190. The Morgan fingerprint density at radius 3 is 2.25 bits per heavy atom. The average Bonchev–Trinajstić information content (AvgIpc) is 2.73. The Morgan fingerprint density at radius 2 is 1.54 bits per heavy atom. The van der Waals surface area contributed by atoms with Gasteiger partial charge in [0, 0.05) is 36.8 Å². The molecule has 1 aliphatic heterocycles. The van der Waals surface area contributed by atoms with Crippen LogP contribution in [0.3, 0.4) is 0 Å². The molecule has 3 aromatic rings. The third-order valence-electron chi connectivity index (χ3n) is 4.96. The van der Waals surface area contributed by atoms with E-state index < -0.39 is 10.0 Å². The normalized spacial score (nSPS) is 15.7. The van der Waals surface area contributed by atoms with E-state index in [1.807, 2.05) is 30.3 Å². The molecule has 0 spiro atoms. The molecule has 0 atom stereocenters. The van der Waals surface area contributed by atoms with Crippen molar-refractivity contribution in [2.24, 2.45) is 0 Å². The Bertz CT molecular complexity index is 1140. The van der Waals surface area contributed by atoms with Gasteiger partial charge in [-0.05, 0) is 41.1 Å². The van der Waals surface area contributed by atoms with Crippen LogP contribution in [0.15, 0.2) is 71.6 Å². The Balaban J connectivity index is 1.49. The van der Waals surface area contributed by atoms with Gasteiger partial charge in [-0.15, -0.1) is 0 Å². The maximum absolute atomic E-state index is 13.0. The molecule has 0 N–H and O–H groups in total. The van der Waals surface area contributed by atoms with Crippen LogP contribution in [0.2, 0.25) is 5.02 Å². The van der Waals surface area contributed by atoms with Crippen molar-refractivity contribution in [3.05, 3.63) is 77.3 Å². The molecule has 7 heteroatoms. The predicted octanol–water partition coefficient (Wildman–Crippen LogP) is 3.64. The van der Waals surface area contributed by atoms with E-state index in [2.05, 4.69) is 0 Å². The summed E-state index contributed by atoms with van der Waals surface area (Å²) in [7, 11) is -3.60. The van der Waals surface area contributed by atoms with Gasteiger partial charge in [0.1, 0.15) is 0 Å². The molecular weight excluding hydrogens is 396 g/mol. The molecule has 0 unspecified atom stereocenters. The van der Waals surface area contributed by atoms with Crippen molar-refractivity contribution in [1.29, 1.82) is 0 Å². The zero-order valence-electron chi connectivity index (χ0n) is 15.1. The molecule has 0 saturated carbocycles. The highest BCUT2D eigenvalue weighted by Gasteiger charge is 2.30. The fourth-order valence-electron chi connectivity index (χ4n) is 3.41. The third kappa shape index (κ3) is 3.63. The average molecular weight is 415 g/mol. The molecule has 0 aromatic heterocycles. The first kappa shape index (κ1) is 18.9. The van der Waals surface area contributed by atoms with E-state index in [1.54, 1.807) is 41.3 Å². The van der Waals surface area contributed by atoms with Crippen LogP contribution in [-0.4, -0.2) is 49.7 Å². The van der Waals surface area contributed by atoms with Crippen molar-refractivity contribution >= 4 is 38.3 Å². The molecule has 1 amide bonds. The van der Waals surface area contributed by atoms with Crippen LogP contribution in [0, 0.1) is 0 Å². The minimum absolute atomic E-state index is 0.134. The van der Waals surface area contributed by atoms with Crippen molar-refractivity contribution < 1.29 is 13.2 Å². The van der Waals surface area contributed by atoms with Crippen LogP contribution in [-0.2, 0) is 10.0 Å². The van der Waals surface area contributed by atoms with Gasteiger partial charge < -0.3 is 4.90 Å². The smallest absolute Gasteiger partial charge is 0.253 e. The number of halogens is 1. The molecule has 0 radical (unpaired) electrons. The molecule has 4 rings (SSSR count). The maximum atomic E-state index is 13.0. The van der Waals surface area contributed by atoms with E-state index >= 15 is 0 Å². The number of carbonyl (C=O) groups is 1. The number of carbonyl (C=O) groups excluding carboxylic acids is 1. The third-order valence-corrected chi connectivity index (χ3v) is 7.09. The van der Waals surface area contributed by atoms with Gasteiger partial charge in [-0.3, -0.25) is 4.79 Å². The predicted molar refractivity (Wildman–Crippen MR) is 110 cm³/mol. The van der Waals surface area contributed by atoms with Crippen LogP contribution in [0.4, 0.5) is 0 Å². The van der Waals surface area contributed by atoms with Crippen LogP contribution in [0.1, 0.15) is 10.4 Å². The standard InChI is InChI=1S/C21H19ClN2O3S/c22-19-7-3-6-18(14-19)21(25)23-10-12-24(13-11-23)28(26,27)20-9-8-16-4-1-2-5-17(16)15-20/h1-9,14-15H,10-13H2.